The molecule has 1 aromatic heterocycles. The minimum atomic E-state index is -0.285. The van der Waals surface area contributed by atoms with Gasteiger partial charge in [0.15, 0.2) is 5.82 Å². The number of carbonyl (C=O) groups excluding carboxylic acids is 1. The van der Waals surface area contributed by atoms with Crippen molar-refractivity contribution in [2.75, 3.05) is 10.8 Å². The molecule has 142 valence electrons. The number of para-hydroxylation sites is 1. The lowest BCUT2D eigenvalue weighted by Crippen LogP contribution is -2.46. The van der Waals surface area contributed by atoms with Gasteiger partial charge < -0.3 is 0 Å². The zero-order valence-electron chi connectivity index (χ0n) is 15.4. The Morgan fingerprint density at radius 2 is 1.48 bits per heavy atom. The van der Waals surface area contributed by atoms with Crippen LogP contribution in [0, 0.1) is 0 Å². The smallest absolute Gasteiger partial charge is 0.272 e. The van der Waals surface area contributed by atoms with Crippen LogP contribution in [0.25, 0.3) is 22.3 Å². The number of thioether (sulfide) groups is 1. The number of rotatable bonds is 3. The van der Waals surface area contributed by atoms with Crippen LogP contribution in [-0.4, -0.2) is 21.3 Å². The first-order chi connectivity index (χ1) is 14.2. The molecule has 5 nitrogen and oxygen atoms in total. The number of nitrogens with zero attached hydrogens (tertiary/aromatic N) is 3. The van der Waals surface area contributed by atoms with Crippen molar-refractivity contribution in [1.29, 1.82) is 0 Å². The van der Waals surface area contributed by atoms with Gasteiger partial charge in [0.1, 0.15) is 5.37 Å². The van der Waals surface area contributed by atoms with Crippen LogP contribution < -0.4 is 10.6 Å². The lowest BCUT2D eigenvalue weighted by Gasteiger charge is -2.28. The molecule has 0 spiro atoms. The van der Waals surface area contributed by atoms with Gasteiger partial charge in [-0.25, -0.2) is 9.99 Å². The lowest BCUT2D eigenvalue weighted by atomic mass is 10.2. The quantitative estimate of drug-likeness (QED) is 0.523. The first-order valence-corrected chi connectivity index (χ1v) is 10.3. The Kier molecular flexibility index (Phi) is 4.41. The molecule has 0 aliphatic carbocycles. The van der Waals surface area contributed by atoms with Gasteiger partial charge in [-0.05, 0) is 17.7 Å². The molecule has 1 aliphatic rings. The maximum absolute atomic E-state index is 13.6. The molecule has 0 N–H and O–H groups in total. The van der Waals surface area contributed by atoms with Gasteiger partial charge in [-0.3, -0.25) is 9.59 Å². The second-order valence-electron chi connectivity index (χ2n) is 6.75. The highest BCUT2D eigenvalue weighted by Crippen LogP contribution is 2.38. The molecule has 6 heteroatoms. The maximum Gasteiger partial charge on any atom is 0.280 e. The number of hydrogen-bond acceptors (Lipinski definition) is 4. The third-order valence-corrected chi connectivity index (χ3v) is 6.13. The van der Waals surface area contributed by atoms with Crippen LogP contribution in [0.4, 0.5) is 0 Å². The highest BCUT2D eigenvalue weighted by Gasteiger charge is 2.36. The summed E-state index contributed by atoms with van der Waals surface area (Å²) in [6, 6.07) is 26.5. The van der Waals surface area contributed by atoms with Crippen LogP contribution in [0.3, 0.4) is 0 Å². The minimum absolute atomic E-state index is 0.111. The maximum atomic E-state index is 13.6. The molecule has 1 unspecified atom stereocenters. The molecular weight excluding hydrogens is 382 g/mol. The fraction of sp³-hybridized carbons (Fsp3) is 0.0870. The normalized spacial score (nSPS) is 16.5. The van der Waals surface area contributed by atoms with Gasteiger partial charge in [-0.2, -0.15) is 4.68 Å². The molecule has 5 rings (SSSR count). The molecule has 0 radical (unpaired) electrons. The summed E-state index contributed by atoms with van der Waals surface area (Å²) in [5.74, 6) is 0.666. The lowest BCUT2D eigenvalue weighted by molar-refractivity contribution is -0.117. The Hall–Kier alpha value is -3.38. The third kappa shape index (κ3) is 3.02. The van der Waals surface area contributed by atoms with Gasteiger partial charge in [-0.15, -0.1) is 11.8 Å². The van der Waals surface area contributed by atoms with E-state index in [2.05, 4.69) is 0 Å². The fourth-order valence-corrected chi connectivity index (χ4v) is 4.72. The van der Waals surface area contributed by atoms with Crippen molar-refractivity contribution in [3.63, 3.8) is 0 Å². The van der Waals surface area contributed by atoms with Gasteiger partial charge in [0.25, 0.3) is 11.5 Å². The van der Waals surface area contributed by atoms with Crippen LogP contribution in [0.15, 0.2) is 89.7 Å². The third-order valence-electron chi connectivity index (χ3n) is 4.93. The molecule has 4 aromatic rings. The Balaban J connectivity index is 1.80. The number of amides is 1. The first kappa shape index (κ1) is 17.7. The fourth-order valence-electron chi connectivity index (χ4n) is 3.59. The van der Waals surface area contributed by atoms with Crippen LogP contribution in [0.2, 0.25) is 0 Å². The van der Waals surface area contributed by atoms with E-state index in [0.717, 1.165) is 11.1 Å². The molecule has 1 atom stereocenters. The molecule has 1 amide bonds. The zero-order valence-corrected chi connectivity index (χ0v) is 16.3. The Bertz CT molecular complexity index is 1260. The number of fused-ring (bicyclic) bond motifs is 1. The second kappa shape index (κ2) is 7.22. The van der Waals surface area contributed by atoms with Gasteiger partial charge in [-0.1, -0.05) is 72.8 Å². The minimum Gasteiger partial charge on any atom is -0.272 e. The molecule has 3 aromatic carbocycles. The van der Waals surface area contributed by atoms with Gasteiger partial charge in [0.05, 0.1) is 16.7 Å². The molecule has 1 aliphatic heterocycles. The molecular formula is C23H17N3O2S. The van der Waals surface area contributed by atoms with E-state index in [9.17, 15) is 9.59 Å². The number of aromatic nitrogens is 2. The monoisotopic (exact) mass is 399 g/mol. The van der Waals surface area contributed by atoms with E-state index in [1.165, 1.54) is 16.4 Å². The predicted molar refractivity (Wildman–Crippen MR) is 116 cm³/mol. The van der Waals surface area contributed by atoms with Crippen molar-refractivity contribution >= 4 is 28.6 Å². The van der Waals surface area contributed by atoms with Crippen molar-refractivity contribution in [2.45, 2.75) is 5.37 Å². The molecule has 1 fully saturated rings. The van der Waals surface area contributed by atoms with E-state index in [4.69, 9.17) is 4.98 Å². The number of carbonyl (C=O) groups is 1. The summed E-state index contributed by atoms with van der Waals surface area (Å²) in [5, 5.41) is 1.76. The predicted octanol–water partition coefficient (Wildman–Crippen LogP) is 3.97. The van der Waals surface area contributed by atoms with E-state index in [1.54, 1.807) is 11.1 Å². The molecule has 0 saturated carbocycles. The largest absolute Gasteiger partial charge is 0.280 e. The summed E-state index contributed by atoms with van der Waals surface area (Å²) in [7, 11) is 0. The van der Waals surface area contributed by atoms with E-state index in [1.807, 2.05) is 78.9 Å². The van der Waals surface area contributed by atoms with E-state index < -0.39 is 0 Å². The van der Waals surface area contributed by atoms with Crippen molar-refractivity contribution in [2.24, 2.45) is 0 Å². The van der Waals surface area contributed by atoms with E-state index >= 15 is 0 Å². The van der Waals surface area contributed by atoms with Crippen molar-refractivity contribution in [3.8, 4) is 11.4 Å². The Morgan fingerprint density at radius 1 is 0.828 bits per heavy atom. The SMILES string of the molecule is O=C1CSC(c2ccccc2)N1n1c(-c2ccccc2)nc2ccccc2c1=O. The van der Waals surface area contributed by atoms with Crippen LogP contribution in [-0.2, 0) is 4.79 Å². The molecule has 0 bridgehead atoms. The summed E-state index contributed by atoms with van der Waals surface area (Å²) in [5.41, 5.74) is 2.13. The Labute approximate surface area is 171 Å². The summed E-state index contributed by atoms with van der Waals surface area (Å²) in [6.07, 6.45) is 0. The highest BCUT2D eigenvalue weighted by atomic mass is 32.2. The standard InChI is InChI=1S/C23H17N3O2S/c27-20-15-29-23(17-11-5-2-6-12-17)25(20)26-21(16-9-3-1-4-10-16)24-19-14-8-7-13-18(19)22(26)28/h1-14,23H,15H2. The van der Waals surface area contributed by atoms with E-state index in [0.29, 0.717) is 22.5 Å². The van der Waals surface area contributed by atoms with Crippen LogP contribution >= 0.6 is 11.8 Å². The average Bonchev–Trinajstić information content (AvgIpc) is 3.16. The van der Waals surface area contributed by atoms with Crippen LogP contribution in [0.5, 0.6) is 0 Å². The average molecular weight is 399 g/mol. The van der Waals surface area contributed by atoms with Crippen LogP contribution in [0.1, 0.15) is 10.9 Å². The topological polar surface area (TPSA) is 55.2 Å². The molecule has 29 heavy (non-hydrogen) atoms. The van der Waals surface area contributed by atoms with Crippen molar-refractivity contribution in [3.05, 3.63) is 101 Å². The zero-order chi connectivity index (χ0) is 19.8. The summed E-state index contributed by atoms with van der Waals surface area (Å²) >= 11 is 1.51. The summed E-state index contributed by atoms with van der Waals surface area (Å²) < 4.78 is 1.46. The molecule has 2 heterocycles. The number of hydrogen-bond donors (Lipinski definition) is 0. The summed E-state index contributed by atoms with van der Waals surface area (Å²) in [4.78, 5) is 31.3. The highest BCUT2D eigenvalue weighted by molar-refractivity contribution is 8.00. The van der Waals surface area contributed by atoms with Crippen molar-refractivity contribution in [1.82, 2.24) is 9.66 Å². The van der Waals surface area contributed by atoms with Crippen molar-refractivity contribution < 1.29 is 4.79 Å². The summed E-state index contributed by atoms with van der Waals surface area (Å²) in [6.45, 7) is 0. The van der Waals surface area contributed by atoms with Gasteiger partial charge in [0, 0.05) is 5.56 Å². The first-order valence-electron chi connectivity index (χ1n) is 9.30. The Morgan fingerprint density at radius 3 is 2.24 bits per heavy atom. The molecule has 1 saturated heterocycles. The van der Waals surface area contributed by atoms with Gasteiger partial charge >= 0.3 is 0 Å². The number of benzene rings is 3. The second-order valence-corrected chi connectivity index (χ2v) is 7.82. The van der Waals surface area contributed by atoms with E-state index in [-0.39, 0.29) is 16.8 Å². The van der Waals surface area contributed by atoms with Gasteiger partial charge in [0.2, 0.25) is 0 Å².